The number of rotatable bonds is 7. The standard InChI is InChI=1S/C15H28N4/c1-12(2)10-16-8-9-19(3)11-15-13-6-4-5-7-14(13)17-18-15/h12,16H,4-11H2,1-3H3,(H,17,18). The summed E-state index contributed by atoms with van der Waals surface area (Å²) < 4.78 is 0. The van der Waals surface area contributed by atoms with E-state index in [4.69, 9.17) is 0 Å². The Morgan fingerprint density at radius 2 is 2.11 bits per heavy atom. The van der Waals surface area contributed by atoms with Gasteiger partial charge in [-0.3, -0.25) is 10.00 Å². The van der Waals surface area contributed by atoms with Crippen molar-refractivity contribution in [3.8, 4) is 0 Å². The van der Waals surface area contributed by atoms with Gasteiger partial charge >= 0.3 is 0 Å². The Bertz CT molecular complexity index is 383. The predicted octanol–water partition coefficient (Wildman–Crippen LogP) is 1.97. The molecule has 0 amide bonds. The van der Waals surface area contributed by atoms with Crippen molar-refractivity contribution in [1.82, 2.24) is 20.4 Å². The molecule has 1 aliphatic rings. The molecule has 0 spiro atoms. The van der Waals surface area contributed by atoms with Crippen molar-refractivity contribution in [3.63, 3.8) is 0 Å². The van der Waals surface area contributed by atoms with Crippen LogP contribution in [0.3, 0.4) is 0 Å². The molecule has 108 valence electrons. The van der Waals surface area contributed by atoms with Gasteiger partial charge in [-0.05, 0) is 50.8 Å². The zero-order valence-electron chi connectivity index (χ0n) is 12.6. The number of H-pyrrole nitrogens is 1. The number of hydrogen-bond acceptors (Lipinski definition) is 3. The van der Waals surface area contributed by atoms with Crippen LogP contribution in [-0.4, -0.2) is 41.8 Å². The molecule has 0 unspecified atom stereocenters. The highest BCUT2D eigenvalue weighted by molar-refractivity contribution is 5.27. The molecule has 2 N–H and O–H groups in total. The topological polar surface area (TPSA) is 44.0 Å². The summed E-state index contributed by atoms with van der Waals surface area (Å²) in [5.41, 5.74) is 4.14. The van der Waals surface area contributed by atoms with Gasteiger partial charge in [-0.2, -0.15) is 5.10 Å². The summed E-state index contributed by atoms with van der Waals surface area (Å²) in [6.07, 6.45) is 5.02. The molecule has 0 fully saturated rings. The van der Waals surface area contributed by atoms with E-state index < -0.39 is 0 Å². The summed E-state index contributed by atoms with van der Waals surface area (Å²) in [6, 6.07) is 0. The maximum Gasteiger partial charge on any atom is 0.0796 e. The van der Waals surface area contributed by atoms with Gasteiger partial charge in [0, 0.05) is 25.3 Å². The summed E-state index contributed by atoms with van der Waals surface area (Å²) in [7, 11) is 2.18. The first-order valence-corrected chi connectivity index (χ1v) is 7.61. The molecule has 0 aliphatic heterocycles. The lowest BCUT2D eigenvalue weighted by atomic mass is 9.96. The maximum atomic E-state index is 4.51. The molecule has 4 heteroatoms. The molecule has 0 saturated carbocycles. The van der Waals surface area contributed by atoms with E-state index >= 15 is 0 Å². The second-order valence-corrected chi connectivity index (χ2v) is 6.17. The third-order valence-electron chi connectivity index (χ3n) is 3.78. The Balaban J connectivity index is 1.76. The molecule has 0 bridgehead atoms. The molecule has 1 aromatic rings. The summed E-state index contributed by atoms with van der Waals surface area (Å²) in [5, 5.41) is 11.2. The zero-order chi connectivity index (χ0) is 13.7. The highest BCUT2D eigenvalue weighted by Gasteiger charge is 2.17. The Kier molecular flexibility index (Phi) is 5.40. The number of hydrogen-bond donors (Lipinski definition) is 2. The van der Waals surface area contributed by atoms with Gasteiger partial charge in [-0.1, -0.05) is 13.8 Å². The first-order chi connectivity index (χ1) is 9.16. The van der Waals surface area contributed by atoms with Crippen molar-refractivity contribution in [2.75, 3.05) is 26.7 Å². The van der Waals surface area contributed by atoms with E-state index in [0.717, 1.165) is 32.1 Å². The lowest BCUT2D eigenvalue weighted by Gasteiger charge is -2.18. The number of aromatic nitrogens is 2. The molecule has 0 radical (unpaired) electrons. The zero-order valence-corrected chi connectivity index (χ0v) is 12.6. The van der Waals surface area contributed by atoms with Crippen molar-refractivity contribution >= 4 is 0 Å². The minimum Gasteiger partial charge on any atom is -0.315 e. The molecule has 1 aromatic heterocycles. The van der Waals surface area contributed by atoms with Crippen LogP contribution >= 0.6 is 0 Å². The fraction of sp³-hybridized carbons (Fsp3) is 0.800. The molecular formula is C15H28N4. The minimum absolute atomic E-state index is 0.726. The predicted molar refractivity (Wildman–Crippen MR) is 79.3 cm³/mol. The summed E-state index contributed by atoms with van der Waals surface area (Å²) in [5.74, 6) is 0.726. The van der Waals surface area contributed by atoms with E-state index in [0.29, 0.717) is 0 Å². The SMILES string of the molecule is CC(C)CNCCN(C)Cc1n[nH]c2c1CCCC2. The summed E-state index contributed by atoms with van der Waals surface area (Å²) in [6.45, 7) is 8.69. The minimum atomic E-state index is 0.726. The normalized spacial score (nSPS) is 15.2. The van der Waals surface area contributed by atoms with Gasteiger partial charge in [0.2, 0.25) is 0 Å². The smallest absolute Gasteiger partial charge is 0.0796 e. The van der Waals surface area contributed by atoms with Crippen molar-refractivity contribution in [3.05, 3.63) is 17.0 Å². The van der Waals surface area contributed by atoms with Crippen LogP contribution in [0.5, 0.6) is 0 Å². The lowest BCUT2D eigenvalue weighted by molar-refractivity contribution is 0.317. The number of likely N-dealkylation sites (N-methyl/N-ethyl adjacent to an activating group) is 1. The Morgan fingerprint density at radius 3 is 2.89 bits per heavy atom. The average Bonchev–Trinajstić information content (AvgIpc) is 2.78. The molecule has 4 nitrogen and oxygen atoms in total. The third kappa shape index (κ3) is 4.32. The number of aryl methyl sites for hydroxylation is 1. The molecule has 0 saturated heterocycles. The number of aromatic amines is 1. The Morgan fingerprint density at radius 1 is 1.32 bits per heavy atom. The van der Waals surface area contributed by atoms with Gasteiger partial charge in [0.15, 0.2) is 0 Å². The van der Waals surface area contributed by atoms with Crippen molar-refractivity contribution < 1.29 is 0 Å². The molecule has 2 rings (SSSR count). The Labute approximate surface area is 117 Å². The fourth-order valence-corrected chi connectivity index (χ4v) is 2.68. The van der Waals surface area contributed by atoms with Crippen LogP contribution in [0, 0.1) is 5.92 Å². The van der Waals surface area contributed by atoms with E-state index in [-0.39, 0.29) is 0 Å². The highest BCUT2D eigenvalue weighted by atomic mass is 15.2. The van der Waals surface area contributed by atoms with Gasteiger partial charge in [-0.25, -0.2) is 0 Å². The average molecular weight is 264 g/mol. The van der Waals surface area contributed by atoms with Crippen LogP contribution in [0.2, 0.25) is 0 Å². The van der Waals surface area contributed by atoms with E-state index in [1.165, 1.54) is 42.6 Å². The summed E-state index contributed by atoms with van der Waals surface area (Å²) in [4.78, 5) is 2.36. The van der Waals surface area contributed by atoms with Crippen LogP contribution in [0.25, 0.3) is 0 Å². The third-order valence-corrected chi connectivity index (χ3v) is 3.78. The molecule has 0 atom stereocenters. The van der Waals surface area contributed by atoms with Crippen molar-refractivity contribution in [2.24, 2.45) is 5.92 Å². The van der Waals surface area contributed by atoms with E-state index in [1.54, 1.807) is 0 Å². The number of fused-ring (bicyclic) bond motifs is 1. The van der Waals surface area contributed by atoms with Crippen LogP contribution in [0.15, 0.2) is 0 Å². The van der Waals surface area contributed by atoms with E-state index in [1.807, 2.05) is 0 Å². The monoisotopic (exact) mass is 264 g/mol. The van der Waals surface area contributed by atoms with Crippen LogP contribution in [0.4, 0.5) is 0 Å². The molecule has 19 heavy (non-hydrogen) atoms. The molecule has 0 aromatic carbocycles. The maximum absolute atomic E-state index is 4.51. The van der Waals surface area contributed by atoms with Crippen LogP contribution < -0.4 is 5.32 Å². The molecule has 1 heterocycles. The number of nitrogens with zero attached hydrogens (tertiary/aromatic N) is 2. The highest BCUT2D eigenvalue weighted by Crippen LogP contribution is 2.22. The van der Waals surface area contributed by atoms with Gasteiger partial charge in [-0.15, -0.1) is 0 Å². The van der Waals surface area contributed by atoms with Gasteiger partial charge in [0.05, 0.1) is 5.69 Å². The second-order valence-electron chi connectivity index (χ2n) is 6.17. The fourth-order valence-electron chi connectivity index (χ4n) is 2.68. The van der Waals surface area contributed by atoms with E-state index in [9.17, 15) is 0 Å². The second kappa shape index (κ2) is 7.06. The first-order valence-electron chi connectivity index (χ1n) is 7.61. The molecular weight excluding hydrogens is 236 g/mol. The quantitative estimate of drug-likeness (QED) is 0.740. The molecule has 1 aliphatic carbocycles. The number of nitrogens with one attached hydrogen (secondary N) is 2. The van der Waals surface area contributed by atoms with Gasteiger partial charge in [0.25, 0.3) is 0 Å². The lowest BCUT2D eigenvalue weighted by Crippen LogP contribution is -2.31. The Hall–Kier alpha value is -0.870. The first kappa shape index (κ1) is 14.5. The summed E-state index contributed by atoms with van der Waals surface area (Å²) >= 11 is 0. The van der Waals surface area contributed by atoms with Gasteiger partial charge in [0.1, 0.15) is 0 Å². The van der Waals surface area contributed by atoms with Crippen molar-refractivity contribution in [2.45, 2.75) is 46.1 Å². The largest absolute Gasteiger partial charge is 0.315 e. The van der Waals surface area contributed by atoms with Crippen molar-refractivity contribution in [1.29, 1.82) is 0 Å². The van der Waals surface area contributed by atoms with Crippen LogP contribution in [0.1, 0.15) is 43.6 Å². The van der Waals surface area contributed by atoms with Gasteiger partial charge < -0.3 is 5.32 Å². The van der Waals surface area contributed by atoms with E-state index in [2.05, 4.69) is 41.3 Å². The van der Waals surface area contributed by atoms with Crippen LogP contribution in [-0.2, 0) is 19.4 Å².